The van der Waals surface area contributed by atoms with Gasteiger partial charge in [-0.1, -0.05) is 48.5 Å². The number of nitrogens with zero attached hydrogens (tertiary/aromatic N) is 3. The van der Waals surface area contributed by atoms with Gasteiger partial charge in [-0.05, 0) is 58.7 Å². The van der Waals surface area contributed by atoms with E-state index in [0.717, 1.165) is 10.6 Å². The molecule has 13 heteroatoms. The van der Waals surface area contributed by atoms with Crippen LogP contribution in [0.4, 0.5) is 13.6 Å². The van der Waals surface area contributed by atoms with E-state index in [1.165, 1.54) is 18.7 Å². The van der Waals surface area contributed by atoms with Gasteiger partial charge in [0.25, 0.3) is 12.3 Å². The standard InChI is InChI=1S/C33H41F2N5O6/c1-31(2,3)46-30(44)37-32(4,5)28(42)36-24(20-45-23-14-10-7-11-15-23)27(41)39-17-16-25-33(21-39,18-22-12-8-6-9-13-22)29(43)40(38-25)19-26(34)35/h6-15,24,26H,16-21H2,1-5H3,(H,36,42)(H,37,44)/t24-,33?/m1/s1. The van der Waals surface area contributed by atoms with Gasteiger partial charge in [-0.3, -0.25) is 14.4 Å². The van der Waals surface area contributed by atoms with Crippen LogP contribution in [0.25, 0.3) is 0 Å². The number of carbonyl (C=O) groups is 4. The molecule has 2 heterocycles. The van der Waals surface area contributed by atoms with Crippen LogP contribution in [0.5, 0.6) is 5.75 Å². The summed E-state index contributed by atoms with van der Waals surface area (Å²) in [4.78, 5) is 55.3. The first kappa shape index (κ1) is 34.3. The number of ether oxygens (including phenoxy) is 2. The first-order valence-electron chi connectivity index (χ1n) is 15.1. The number of piperidine rings is 1. The molecule has 0 aliphatic carbocycles. The summed E-state index contributed by atoms with van der Waals surface area (Å²) in [5.41, 5.74) is -2.41. The molecule has 0 radical (unpaired) electrons. The Morgan fingerprint density at radius 3 is 2.24 bits per heavy atom. The van der Waals surface area contributed by atoms with Gasteiger partial charge in [-0.2, -0.15) is 5.10 Å². The number of hydrogen-bond donors (Lipinski definition) is 2. The molecule has 4 rings (SSSR count). The molecule has 1 unspecified atom stereocenters. The zero-order chi connectivity index (χ0) is 33.7. The highest BCUT2D eigenvalue weighted by Gasteiger charge is 2.55. The summed E-state index contributed by atoms with van der Waals surface area (Å²) in [6.45, 7) is 6.92. The minimum atomic E-state index is -2.78. The van der Waals surface area contributed by atoms with Crippen molar-refractivity contribution in [3.05, 3.63) is 66.2 Å². The monoisotopic (exact) mass is 641 g/mol. The number of hydrazone groups is 1. The number of halogens is 2. The summed E-state index contributed by atoms with van der Waals surface area (Å²) >= 11 is 0. The lowest BCUT2D eigenvalue weighted by Crippen LogP contribution is -2.63. The van der Waals surface area contributed by atoms with Gasteiger partial charge in [0.1, 0.15) is 41.5 Å². The first-order chi connectivity index (χ1) is 21.6. The minimum Gasteiger partial charge on any atom is -0.491 e. The van der Waals surface area contributed by atoms with E-state index in [4.69, 9.17) is 9.47 Å². The SMILES string of the molecule is CC(C)(C)OC(=O)NC(C)(C)C(=O)N[C@H](COc1ccccc1)C(=O)N1CCC2=NN(CC(F)F)C(=O)C2(Cc2ccccc2)C1. The van der Waals surface area contributed by atoms with Crippen molar-refractivity contribution in [3.63, 3.8) is 0 Å². The number of alkyl carbamates (subject to hydrolysis) is 1. The molecule has 248 valence electrons. The van der Waals surface area contributed by atoms with E-state index in [-0.39, 0.29) is 32.5 Å². The van der Waals surface area contributed by atoms with Crippen LogP contribution < -0.4 is 15.4 Å². The molecule has 0 bridgehead atoms. The Kier molecular flexibility index (Phi) is 10.3. The van der Waals surface area contributed by atoms with Crippen molar-refractivity contribution in [1.29, 1.82) is 0 Å². The number of likely N-dealkylation sites (tertiary alicyclic amines) is 1. The Labute approximate surface area is 267 Å². The van der Waals surface area contributed by atoms with Crippen LogP contribution in [0.15, 0.2) is 65.8 Å². The zero-order valence-corrected chi connectivity index (χ0v) is 26.7. The molecule has 11 nitrogen and oxygen atoms in total. The predicted molar refractivity (Wildman–Crippen MR) is 166 cm³/mol. The van der Waals surface area contributed by atoms with Crippen LogP contribution in [-0.2, 0) is 25.5 Å². The number of rotatable bonds is 11. The van der Waals surface area contributed by atoms with Crippen molar-refractivity contribution < 1.29 is 37.4 Å². The second kappa shape index (κ2) is 13.8. The molecule has 1 saturated heterocycles. The highest BCUT2D eigenvalue weighted by Crippen LogP contribution is 2.39. The van der Waals surface area contributed by atoms with Crippen LogP contribution in [0.1, 0.15) is 46.6 Å². The van der Waals surface area contributed by atoms with Crippen LogP contribution >= 0.6 is 0 Å². The number of nitrogens with one attached hydrogen (secondary N) is 2. The molecule has 2 aliphatic rings. The molecular formula is C33H41F2N5O6. The summed E-state index contributed by atoms with van der Waals surface area (Å²) in [6, 6.07) is 16.6. The van der Waals surface area contributed by atoms with Gasteiger partial charge in [0.2, 0.25) is 11.8 Å². The molecule has 1 fully saturated rings. The Morgan fingerprint density at radius 2 is 1.63 bits per heavy atom. The topological polar surface area (TPSA) is 130 Å². The largest absolute Gasteiger partial charge is 0.491 e. The number of alkyl halides is 2. The number of carbonyl (C=O) groups excluding carboxylic acids is 4. The number of fused-ring (bicyclic) bond motifs is 1. The molecular weight excluding hydrogens is 600 g/mol. The van der Waals surface area contributed by atoms with Crippen LogP contribution in [0, 0.1) is 5.41 Å². The summed E-state index contributed by atoms with van der Waals surface area (Å²) < 4.78 is 37.9. The van der Waals surface area contributed by atoms with Crippen LogP contribution in [0.2, 0.25) is 0 Å². The molecule has 2 aromatic carbocycles. The molecule has 2 aromatic rings. The second-order valence-corrected chi connectivity index (χ2v) is 13.0. The van der Waals surface area contributed by atoms with Crippen molar-refractivity contribution in [3.8, 4) is 5.75 Å². The highest BCUT2D eigenvalue weighted by molar-refractivity contribution is 6.14. The van der Waals surface area contributed by atoms with Crippen molar-refractivity contribution in [2.45, 2.75) is 71.1 Å². The van der Waals surface area contributed by atoms with E-state index in [1.807, 2.05) is 30.3 Å². The third-order valence-corrected chi connectivity index (χ3v) is 7.63. The van der Waals surface area contributed by atoms with Gasteiger partial charge in [-0.25, -0.2) is 18.6 Å². The van der Waals surface area contributed by atoms with Crippen molar-refractivity contribution >= 4 is 29.5 Å². The van der Waals surface area contributed by atoms with E-state index >= 15 is 0 Å². The Balaban J connectivity index is 1.59. The third-order valence-electron chi connectivity index (χ3n) is 7.63. The fraction of sp³-hybridized carbons (Fsp3) is 0.485. The van der Waals surface area contributed by atoms with E-state index in [0.29, 0.717) is 11.5 Å². The van der Waals surface area contributed by atoms with Gasteiger partial charge in [0, 0.05) is 19.5 Å². The van der Waals surface area contributed by atoms with E-state index < -0.39 is 59.4 Å². The first-order valence-corrected chi connectivity index (χ1v) is 15.1. The van der Waals surface area contributed by atoms with Gasteiger partial charge in [0.15, 0.2) is 0 Å². The molecule has 2 N–H and O–H groups in total. The normalized spacial score (nSPS) is 18.9. The summed E-state index contributed by atoms with van der Waals surface area (Å²) in [5, 5.41) is 10.3. The average molecular weight is 642 g/mol. The molecule has 2 atom stereocenters. The Bertz CT molecular complexity index is 1450. The van der Waals surface area contributed by atoms with Crippen molar-refractivity contribution in [2.24, 2.45) is 10.5 Å². The lowest BCUT2D eigenvalue weighted by atomic mass is 9.73. The summed E-state index contributed by atoms with van der Waals surface area (Å²) in [7, 11) is 0. The maximum atomic E-state index is 14.2. The van der Waals surface area contributed by atoms with Crippen LogP contribution in [-0.4, -0.2) is 89.3 Å². The summed E-state index contributed by atoms with van der Waals surface area (Å²) in [5.74, 6) is -1.36. The fourth-order valence-corrected chi connectivity index (χ4v) is 5.42. The number of para-hydroxylation sites is 1. The molecule has 0 saturated carbocycles. The lowest BCUT2D eigenvalue weighted by molar-refractivity contribution is -0.144. The molecule has 4 amide bonds. The quantitative estimate of drug-likeness (QED) is 0.384. The molecule has 2 aliphatic heterocycles. The van der Waals surface area contributed by atoms with Crippen LogP contribution in [0.3, 0.4) is 0 Å². The van der Waals surface area contributed by atoms with Crippen molar-refractivity contribution in [1.82, 2.24) is 20.5 Å². The van der Waals surface area contributed by atoms with Gasteiger partial charge >= 0.3 is 6.09 Å². The van der Waals surface area contributed by atoms with Crippen molar-refractivity contribution in [2.75, 3.05) is 26.2 Å². The van der Waals surface area contributed by atoms with Gasteiger partial charge in [-0.15, -0.1) is 0 Å². The minimum absolute atomic E-state index is 0.130. The smallest absolute Gasteiger partial charge is 0.408 e. The van der Waals surface area contributed by atoms with E-state index in [9.17, 15) is 28.0 Å². The number of hydrogen-bond acceptors (Lipinski definition) is 7. The van der Waals surface area contributed by atoms with Gasteiger partial charge in [0.05, 0.1) is 5.71 Å². The maximum Gasteiger partial charge on any atom is 0.408 e. The Morgan fingerprint density at radius 1 is 1.00 bits per heavy atom. The average Bonchev–Trinajstić information content (AvgIpc) is 3.23. The predicted octanol–water partition coefficient (Wildman–Crippen LogP) is 3.78. The molecule has 46 heavy (non-hydrogen) atoms. The lowest BCUT2D eigenvalue weighted by Gasteiger charge is -2.41. The maximum absolute atomic E-state index is 14.2. The fourth-order valence-electron chi connectivity index (χ4n) is 5.42. The molecule has 0 spiro atoms. The highest BCUT2D eigenvalue weighted by atomic mass is 19.3. The number of benzene rings is 2. The zero-order valence-electron chi connectivity index (χ0n) is 26.7. The Hall–Kier alpha value is -4.55. The van der Waals surface area contributed by atoms with Gasteiger partial charge < -0.3 is 25.0 Å². The third kappa shape index (κ3) is 8.38. The number of amides is 4. The summed E-state index contributed by atoms with van der Waals surface area (Å²) in [6.07, 6.45) is -3.27. The van der Waals surface area contributed by atoms with E-state index in [2.05, 4.69) is 15.7 Å². The second-order valence-electron chi connectivity index (χ2n) is 13.0. The van der Waals surface area contributed by atoms with E-state index in [1.54, 1.807) is 51.1 Å². The molecule has 0 aromatic heterocycles.